The molecule has 0 unspecified atom stereocenters. The highest BCUT2D eigenvalue weighted by Crippen LogP contribution is 2.34. The summed E-state index contributed by atoms with van der Waals surface area (Å²) in [6.07, 6.45) is 4.17. The number of likely N-dealkylation sites (tertiary alicyclic amines) is 1. The number of furan rings is 1. The van der Waals surface area contributed by atoms with Crippen molar-refractivity contribution in [1.82, 2.24) is 15.1 Å². The first-order chi connectivity index (χ1) is 18.6. The van der Waals surface area contributed by atoms with Gasteiger partial charge in [0.15, 0.2) is 5.76 Å². The van der Waals surface area contributed by atoms with Crippen molar-refractivity contribution < 1.29 is 13.6 Å². The van der Waals surface area contributed by atoms with Crippen molar-refractivity contribution in [2.45, 2.75) is 45.4 Å². The van der Waals surface area contributed by atoms with E-state index >= 15 is 0 Å². The van der Waals surface area contributed by atoms with E-state index in [4.69, 9.17) is 13.6 Å². The zero-order valence-electron chi connectivity index (χ0n) is 22.6. The van der Waals surface area contributed by atoms with Gasteiger partial charge in [-0.3, -0.25) is 0 Å². The number of fused-ring (bicyclic) bond motifs is 2. The molecule has 0 saturated carbocycles. The average molecular weight is 546 g/mol. The second-order valence-corrected chi connectivity index (χ2v) is 10.8. The summed E-state index contributed by atoms with van der Waals surface area (Å²) < 4.78 is 18.0. The van der Waals surface area contributed by atoms with E-state index in [1.54, 1.807) is 0 Å². The molecule has 1 aliphatic heterocycles. The number of nitrogens with zero attached hydrogens (tertiary/aromatic N) is 3. The third kappa shape index (κ3) is 6.29. The largest absolute Gasteiger partial charge is 0.493 e. The number of halogens is 1. The van der Waals surface area contributed by atoms with Crippen LogP contribution in [0.4, 0.5) is 0 Å². The van der Waals surface area contributed by atoms with Crippen LogP contribution in [-0.4, -0.2) is 41.3 Å². The zero-order valence-corrected chi connectivity index (χ0v) is 23.5. The molecule has 204 valence electrons. The Bertz CT molecular complexity index is 1520. The normalized spacial score (nSPS) is 14.7. The average Bonchev–Trinajstić information content (AvgIpc) is 3.58. The quantitative estimate of drug-likeness (QED) is 0.175. The van der Waals surface area contributed by atoms with Crippen molar-refractivity contribution in [3.63, 3.8) is 0 Å². The summed E-state index contributed by atoms with van der Waals surface area (Å²) >= 11 is 0. The van der Waals surface area contributed by atoms with Crippen molar-refractivity contribution in [2.75, 3.05) is 26.2 Å². The van der Waals surface area contributed by atoms with Gasteiger partial charge in [0.2, 0.25) is 5.89 Å². The van der Waals surface area contributed by atoms with Crippen molar-refractivity contribution in [3.05, 3.63) is 78.2 Å². The molecule has 0 aliphatic carbocycles. The molecule has 3 aromatic carbocycles. The second-order valence-electron chi connectivity index (χ2n) is 10.8. The highest BCUT2D eigenvalue weighted by Gasteiger charge is 2.21. The van der Waals surface area contributed by atoms with Gasteiger partial charge in [-0.25, -0.2) is 0 Å². The number of rotatable bonds is 9. The SMILES string of the molecule is CC(C)Cc1nnc(-c2cc3c(OCCCN4CCC(c5ccc6ccccc6c5)CC4)cccc3o2)o1.Cl. The fourth-order valence-electron chi connectivity index (χ4n) is 5.47. The smallest absolute Gasteiger partial charge is 0.283 e. The summed E-state index contributed by atoms with van der Waals surface area (Å²) in [5.74, 6) is 3.56. The van der Waals surface area contributed by atoms with Gasteiger partial charge in [0.1, 0.15) is 11.3 Å². The molecule has 1 fully saturated rings. The van der Waals surface area contributed by atoms with Crippen LogP contribution in [-0.2, 0) is 6.42 Å². The van der Waals surface area contributed by atoms with Crippen molar-refractivity contribution in [3.8, 4) is 17.4 Å². The van der Waals surface area contributed by atoms with E-state index in [0.717, 1.165) is 49.2 Å². The maximum Gasteiger partial charge on any atom is 0.283 e. The molecular formula is C32H36ClN3O3. The van der Waals surface area contributed by atoms with Gasteiger partial charge in [0, 0.05) is 19.0 Å². The Hall–Kier alpha value is -3.35. The lowest BCUT2D eigenvalue weighted by Crippen LogP contribution is -2.34. The molecule has 1 aliphatic rings. The molecular weight excluding hydrogens is 510 g/mol. The van der Waals surface area contributed by atoms with Crippen LogP contribution in [0.1, 0.15) is 50.5 Å². The molecule has 5 aromatic rings. The maximum absolute atomic E-state index is 6.20. The van der Waals surface area contributed by atoms with E-state index in [1.807, 2.05) is 24.3 Å². The van der Waals surface area contributed by atoms with Crippen LogP contribution >= 0.6 is 12.4 Å². The topological polar surface area (TPSA) is 64.5 Å². The number of piperidine rings is 1. The Labute approximate surface area is 235 Å². The minimum Gasteiger partial charge on any atom is -0.493 e. The molecule has 2 aromatic heterocycles. The Kier molecular flexibility index (Phi) is 8.53. The molecule has 0 bridgehead atoms. The molecule has 7 heteroatoms. The van der Waals surface area contributed by atoms with Crippen LogP contribution in [0.5, 0.6) is 5.75 Å². The third-order valence-electron chi connectivity index (χ3n) is 7.49. The molecule has 6 rings (SSSR count). The Morgan fingerprint density at radius 2 is 1.74 bits per heavy atom. The monoisotopic (exact) mass is 545 g/mol. The minimum atomic E-state index is 0. The van der Waals surface area contributed by atoms with Crippen LogP contribution in [0.25, 0.3) is 33.4 Å². The first-order valence-electron chi connectivity index (χ1n) is 13.8. The Morgan fingerprint density at radius 3 is 2.56 bits per heavy atom. The standard InChI is InChI=1S/C32H35N3O3.ClH/c1-22(2)19-31-33-34-32(38-31)30-21-27-28(9-5-10-29(27)37-30)36-18-6-15-35-16-13-24(14-17-35)26-12-11-23-7-3-4-8-25(23)20-26;/h3-5,7-12,20-22,24H,6,13-19H2,1-2H3;1H. The first kappa shape index (κ1) is 27.2. The van der Waals surface area contributed by atoms with Crippen LogP contribution < -0.4 is 4.74 Å². The van der Waals surface area contributed by atoms with Crippen molar-refractivity contribution >= 4 is 34.1 Å². The van der Waals surface area contributed by atoms with Gasteiger partial charge in [-0.15, -0.1) is 22.6 Å². The van der Waals surface area contributed by atoms with Gasteiger partial charge in [-0.05, 0) is 72.7 Å². The van der Waals surface area contributed by atoms with Crippen LogP contribution in [0, 0.1) is 5.92 Å². The summed E-state index contributed by atoms with van der Waals surface area (Å²) in [5, 5.41) is 11.9. The number of hydrogen-bond donors (Lipinski definition) is 0. The molecule has 0 amide bonds. The molecule has 6 nitrogen and oxygen atoms in total. The van der Waals surface area contributed by atoms with E-state index in [0.29, 0.717) is 36.0 Å². The number of ether oxygens (including phenoxy) is 1. The summed E-state index contributed by atoms with van der Waals surface area (Å²) in [6.45, 7) is 8.26. The summed E-state index contributed by atoms with van der Waals surface area (Å²) in [7, 11) is 0. The van der Waals surface area contributed by atoms with E-state index in [9.17, 15) is 0 Å². The fourth-order valence-corrected chi connectivity index (χ4v) is 5.47. The lowest BCUT2D eigenvalue weighted by atomic mass is 9.88. The number of benzene rings is 3. The molecule has 39 heavy (non-hydrogen) atoms. The molecule has 0 N–H and O–H groups in total. The molecule has 0 spiro atoms. The highest BCUT2D eigenvalue weighted by molar-refractivity contribution is 5.87. The third-order valence-corrected chi connectivity index (χ3v) is 7.49. The molecule has 0 radical (unpaired) electrons. The summed E-state index contributed by atoms with van der Waals surface area (Å²) in [5.41, 5.74) is 2.24. The predicted molar refractivity (Wildman–Crippen MR) is 158 cm³/mol. The summed E-state index contributed by atoms with van der Waals surface area (Å²) in [6, 6.07) is 23.4. The zero-order chi connectivity index (χ0) is 25.9. The Balaban J connectivity index is 0.00000308. The lowest BCUT2D eigenvalue weighted by Gasteiger charge is -2.32. The molecule has 3 heterocycles. The van der Waals surface area contributed by atoms with Crippen LogP contribution in [0.2, 0.25) is 0 Å². The van der Waals surface area contributed by atoms with E-state index < -0.39 is 0 Å². The van der Waals surface area contributed by atoms with Crippen molar-refractivity contribution in [1.29, 1.82) is 0 Å². The first-order valence-corrected chi connectivity index (χ1v) is 13.8. The predicted octanol–water partition coefficient (Wildman–Crippen LogP) is 7.90. The van der Waals surface area contributed by atoms with Gasteiger partial charge < -0.3 is 18.5 Å². The highest BCUT2D eigenvalue weighted by atomic mass is 35.5. The van der Waals surface area contributed by atoms with Gasteiger partial charge in [0.05, 0.1) is 12.0 Å². The number of aromatic nitrogens is 2. The van der Waals surface area contributed by atoms with E-state index in [-0.39, 0.29) is 12.4 Å². The molecule has 0 atom stereocenters. The van der Waals surface area contributed by atoms with Crippen molar-refractivity contribution in [2.24, 2.45) is 5.92 Å². The van der Waals surface area contributed by atoms with Gasteiger partial charge in [-0.2, -0.15) is 0 Å². The minimum absolute atomic E-state index is 0. The van der Waals surface area contributed by atoms with Gasteiger partial charge in [-0.1, -0.05) is 62.4 Å². The summed E-state index contributed by atoms with van der Waals surface area (Å²) in [4.78, 5) is 2.57. The van der Waals surface area contributed by atoms with Gasteiger partial charge in [0.25, 0.3) is 5.89 Å². The van der Waals surface area contributed by atoms with Gasteiger partial charge >= 0.3 is 0 Å². The lowest BCUT2D eigenvalue weighted by molar-refractivity contribution is 0.193. The van der Waals surface area contributed by atoms with Crippen LogP contribution in [0.3, 0.4) is 0 Å². The maximum atomic E-state index is 6.20. The van der Waals surface area contributed by atoms with E-state index in [1.165, 1.54) is 29.2 Å². The number of hydrogen-bond acceptors (Lipinski definition) is 6. The van der Waals surface area contributed by atoms with E-state index in [2.05, 4.69) is 71.4 Å². The molecule has 1 saturated heterocycles. The fraction of sp³-hybridized carbons (Fsp3) is 0.375. The second kappa shape index (κ2) is 12.2. The van der Waals surface area contributed by atoms with Crippen LogP contribution in [0.15, 0.2) is 75.6 Å². The Morgan fingerprint density at radius 1 is 0.923 bits per heavy atom.